The summed E-state index contributed by atoms with van der Waals surface area (Å²) in [5.74, 6) is 0.255. The largest absolute Gasteiger partial charge is 0.324 e. The normalized spacial score (nSPS) is 13.7. The first-order valence-electron chi connectivity index (χ1n) is 7.59. The second kappa shape index (κ2) is 6.20. The lowest BCUT2D eigenvalue weighted by atomic mass is 10.1. The molecule has 0 bridgehead atoms. The first-order valence-corrected chi connectivity index (χ1v) is 7.59. The molecule has 1 fully saturated rings. The average Bonchev–Trinajstić information content (AvgIpc) is 3.21. The molecule has 23 heavy (non-hydrogen) atoms. The minimum Gasteiger partial charge on any atom is -0.324 e. The second-order valence-corrected chi connectivity index (χ2v) is 5.99. The molecule has 1 heterocycles. The molecule has 1 saturated carbocycles. The van der Waals surface area contributed by atoms with Gasteiger partial charge in [0.05, 0.1) is 6.20 Å². The number of anilines is 2. The van der Waals surface area contributed by atoms with Gasteiger partial charge in [0.15, 0.2) is 5.82 Å². The number of rotatable bonds is 5. The van der Waals surface area contributed by atoms with Crippen LogP contribution in [0.3, 0.4) is 0 Å². The maximum absolute atomic E-state index is 12.1. The van der Waals surface area contributed by atoms with E-state index in [0.29, 0.717) is 5.82 Å². The molecule has 0 radical (unpaired) electrons. The van der Waals surface area contributed by atoms with Gasteiger partial charge in [-0.2, -0.15) is 0 Å². The summed E-state index contributed by atoms with van der Waals surface area (Å²) in [6.07, 6.45) is 3.41. The van der Waals surface area contributed by atoms with Crippen molar-refractivity contribution in [2.75, 3.05) is 10.6 Å². The number of nitrogens with zero attached hydrogens (tertiary/aromatic N) is 3. The molecule has 2 N–H and O–H groups in total. The fourth-order valence-corrected chi connectivity index (χ4v) is 2.40. The van der Waals surface area contributed by atoms with Crippen molar-refractivity contribution in [3.05, 3.63) is 35.5 Å². The molecule has 0 atom stereocenters. The van der Waals surface area contributed by atoms with Crippen LogP contribution in [-0.2, 0) is 16.1 Å². The maximum atomic E-state index is 12.1. The Balaban J connectivity index is 1.57. The number of aryl methyl sites for hydroxylation is 2. The molecule has 0 saturated heterocycles. The Morgan fingerprint density at radius 1 is 1.17 bits per heavy atom. The van der Waals surface area contributed by atoms with Gasteiger partial charge in [-0.25, -0.2) is 4.68 Å². The molecule has 2 amide bonds. The molecule has 0 aliphatic heterocycles. The van der Waals surface area contributed by atoms with Gasteiger partial charge in [-0.15, -0.1) is 5.10 Å². The molecule has 1 aliphatic rings. The number of amides is 2. The third kappa shape index (κ3) is 4.15. The number of aromatic nitrogens is 3. The molecule has 1 aromatic heterocycles. The first kappa shape index (κ1) is 15.2. The summed E-state index contributed by atoms with van der Waals surface area (Å²) in [5, 5.41) is 13.2. The van der Waals surface area contributed by atoms with Crippen molar-refractivity contribution < 1.29 is 9.59 Å². The van der Waals surface area contributed by atoms with Crippen molar-refractivity contribution in [1.29, 1.82) is 0 Å². The van der Waals surface area contributed by atoms with Gasteiger partial charge < -0.3 is 10.6 Å². The number of carbonyl (C=O) groups is 2. The van der Waals surface area contributed by atoms with Crippen LogP contribution in [0.25, 0.3) is 0 Å². The summed E-state index contributed by atoms with van der Waals surface area (Å²) in [6, 6.07) is 5.86. The predicted octanol–water partition coefficient (Wildman–Crippen LogP) is 1.88. The number of hydrogen-bond acceptors (Lipinski definition) is 4. The molecule has 7 heteroatoms. The summed E-state index contributed by atoms with van der Waals surface area (Å²) < 4.78 is 1.40. The Morgan fingerprint density at radius 2 is 1.87 bits per heavy atom. The Labute approximate surface area is 134 Å². The lowest BCUT2D eigenvalue weighted by Gasteiger charge is -2.07. The SMILES string of the molecule is Cc1cc(C)cc(NC(=O)Cn2cc(NC(=O)C3CC3)nn2)c1. The van der Waals surface area contributed by atoms with Gasteiger partial charge in [-0.1, -0.05) is 11.3 Å². The van der Waals surface area contributed by atoms with Gasteiger partial charge in [0, 0.05) is 11.6 Å². The monoisotopic (exact) mass is 313 g/mol. The van der Waals surface area contributed by atoms with Crippen LogP contribution in [0, 0.1) is 19.8 Å². The van der Waals surface area contributed by atoms with Gasteiger partial charge in [-0.05, 0) is 49.9 Å². The van der Waals surface area contributed by atoms with E-state index in [4.69, 9.17) is 0 Å². The van der Waals surface area contributed by atoms with Gasteiger partial charge in [0.25, 0.3) is 0 Å². The Hall–Kier alpha value is -2.70. The van der Waals surface area contributed by atoms with E-state index in [9.17, 15) is 9.59 Å². The van der Waals surface area contributed by atoms with E-state index in [1.54, 1.807) is 6.20 Å². The Morgan fingerprint density at radius 3 is 2.52 bits per heavy atom. The zero-order chi connectivity index (χ0) is 16.4. The van der Waals surface area contributed by atoms with E-state index in [1.807, 2.05) is 32.0 Å². The zero-order valence-corrected chi connectivity index (χ0v) is 13.2. The summed E-state index contributed by atoms with van der Waals surface area (Å²) in [5.41, 5.74) is 2.94. The number of carbonyl (C=O) groups excluding carboxylic acids is 2. The number of hydrogen-bond donors (Lipinski definition) is 2. The fraction of sp³-hybridized carbons (Fsp3) is 0.375. The van der Waals surface area contributed by atoms with Crippen LogP contribution in [0.15, 0.2) is 24.4 Å². The average molecular weight is 313 g/mol. The summed E-state index contributed by atoms with van der Waals surface area (Å²) >= 11 is 0. The molecular formula is C16H19N5O2. The van der Waals surface area contributed by atoms with Crippen LogP contribution < -0.4 is 10.6 Å². The van der Waals surface area contributed by atoms with Crippen LogP contribution in [0.4, 0.5) is 11.5 Å². The Kier molecular flexibility index (Phi) is 4.10. The molecular weight excluding hydrogens is 294 g/mol. The lowest BCUT2D eigenvalue weighted by Crippen LogP contribution is -2.19. The fourth-order valence-electron chi connectivity index (χ4n) is 2.40. The van der Waals surface area contributed by atoms with Gasteiger partial charge in [0.1, 0.15) is 6.54 Å². The third-order valence-electron chi connectivity index (χ3n) is 3.55. The molecule has 2 aromatic rings. The van der Waals surface area contributed by atoms with E-state index in [2.05, 4.69) is 20.9 Å². The highest BCUT2D eigenvalue weighted by molar-refractivity contribution is 5.93. The van der Waals surface area contributed by atoms with E-state index in [1.165, 1.54) is 4.68 Å². The molecule has 7 nitrogen and oxygen atoms in total. The molecule has 0 unspecified atom stereocenters. The number of nitrogens with one attached hydrogen (secondary N) is 2. The molecule has 3 rings (SSSR count). The zero-order valence-electron chi connectivity index (χ0n) is 13.2. The van der Waals surface area contributed by atoms with Crippen molar-refractivity contribution in [3.63, 3.8) is 0 Å². The summed E-state index contributed by atoms with van der Waals surface area (Å²) in [6.45, 7) is 4.00. The van der Waals surface area contributed by atoms with Gasteiger partial charge in [0.2, 0.25) is 11.8 Å². The van der Waals surface area contributed by atoms with Gasteiger partial charge >= 0.3 is 0 Å². The van der Waals surface area contributed by atoms with Crippen molar-refractivity contribution >= 4 is 23.3 Å². The summed E-state index contributed by atoms with van der Waals surface area (Å²) in [4.78, 5) is 23.7. The van der Waals surface area contributed by atoms with Crippen molar-refractivity contribution in [2.45, 2.75) is 33.2 Å². The third-order valence-corrected chi connectivity index (χ3v) is 3.55. The standard InChI is InChI=1S/C16H19N5O2/c1-10-5-11(2)7-13(6-10)17-15(22)9-21-8-14(19-20-21)18-16(23)12-3-4-12/h5-8,12H,3-4,9H2,1-2H3,(H,17,22)(H,18,23). The first-order chi connectivity index (χ1) is 11.0. The van der Waals surface area contributed by atoms with Crippen molar-refractivity contribution in [1.82, 2.24) is 15.0 Å². The smallest absolute Gasteiger partial charge is 0.246 e. The van der Waals surface area contributed by atoms with E-state index >= 15 is 0 Å². The van der Waals surface area contributed by atoms with Crippen LogP contribution in [0.2, 0.25) is 0 Å². The van der Waals surface area contributed by atoms with E-state index in [-0.39, 0.29) is 24.3 Å². The topological polar surface area (TPSA) is 88.9 Å². The highest BCUT2D eigenvalue weighted by Gasteiger charge is 2.30. The van der Waals surface area contributed by atoms with E-state index < -0.39 is 0 Å². The highest BCUT2D eigenvalue weighted by atomic mass is 16.2. The van der Waals surface area contributed by atoms with Crippen molar-refractivity contribution in [2.24, 2.45) is 5.92 Å². The molecule has 1 aromatic carbocycles. The molecule has 120 valence electrons. The predicted molar refractivity (Wildman–Crippen MR) is 85.9 cm³/mol. The minimum atomic E-state index is -0.194. The van der Waals surface area contributed by atoms with E-state index in [0.717, 1.165) is 29.7 Å². The minimum absolute atomic E-state index is 0.0308. The lowest BCUT2D eigenvalue weighted by molar-refractivity contribution is -0.117. The van der Waals surface area contributed by atoms with Crippen molar-refractivity contribution in [3.8, 4) is 0 Å². The van der Waals surface area contributed by atoms with Crippen LogP contribution in [0.1, 0.15) is 24.0 Å². The van der Waals surface area contributed by atoms with Gasteiger partial charge in [-0.3, -0.25) is 9.59 Å². The highest BCUT2D eigenvalue weighted by Crippen LogP contribution is 2.29. The van der Waals surface area contributed by atoms with Crippen LogP contribution in [-0.4, -0.2) is 26.8 Å². The summed E-state index contributed by atoms with van der Waals surface area (Å²) in [7, 11) is 0. The van der Waals surface area contributed by atoms with Crippen LogP contribution in [0.5, 0.6) is 0 Å². The molecule has 1 aliphatic carbocycles. The molecule has 0 spiro atoms. The maximum Gasteiger partial charge on any atom is 0.246 e. The second-order valence-electron chi connectivity index (χ2n) is 5.99. The number of benzene rings is 1. The quantitative estimate of drug-likeness (QED) is 0.882. The van der Waals surface area contributed by atoms with Crippen LogP contribution >= 0.6 is 0 Å². The Bertz CT molecular complexity index is 728.